The Balaban J connectivity index is 2.78. The Bertz CT molecular complexity index is 519. The molecule has 0 bridgehead atoms. The van der Waals surface area contributed by atoms with Crippen LogP contribution in [0, 0.1) is 11.8 Å². The summed E-state index contributed by atoms with van der Waals surface area (Å²) in [6.45, 7) is 7.40. The van der Waals surface area contributed by atoms with E-state index >= 15 is 0 Å². The number of nitrogens with two attached hydrogens (primary N) is 1. The Morgan fingerprint density at radius 3 is 2.63 bits per heavy atom. The molecule has 1 aromatic rings. The van der Waals surface area contributed by atoms with Crippen LogP contribution < -0.4 is 11.1 Å². The lowest BCUT2D eigenvalue weighted by Crippen LogP contribution is -2.27. The van der Waals surface area contributed by atoms with Gasteiger partial charge in [0.05, 0.1) is 11.4 Å². The van der Waals surface area contributed by atoms with E-state index in [1.165, 1.54) is 0 Å². The number of amides is 1. The van der Waals surface area contributed by atoms with Crippen LogP contribution in [0.5, 0.6) is 0 Å². The number of nitrogens with one attached hydrogen (secondary N) is 1. The molecule has 0 aliphatic heterocycles. The summed E-state index contributed by atoms with van der Waals surface area (Å²) in [4.78, 5) is 11.6. The smallest absolute Gasteiger partial charge is 0.412 e. The molecule has 0 heterocycles. The van der Waals surface area contributed by atoms with Crippen LogP contribution in [-0.2, 0) is 4.74 Å². The summed E-state index contributed by atoms with van der Waals surface area (Å²) >= 11 is 0. The Labute approximate surface area is 114 Å². The second-order valence-electron chi connectivity index (χ2n) is 5.08. The minimum Gasteiger partial charge on any atom is -0.444 e. The minimum absolute atomic E-state index is 0.466. The lowest BCUT2D eigenvalue weighted by atomic mass is 10.1. The monoisotopic (exact) mass is 260 g/mol. The summed E-state index contributed by atoms with van der Waals surface area (Å²) in [5, 5.41) is 2.62. The van der Waals surface area contributed by atoms with Gasteiger partial charge in [-0.15, -0.1) is 0 Å². The van der Waals surface area contributed by atoms with E-state index in [-0.39, 0.29) is 0 Å². The third kappa shape index (κ3) is 5.35. The molecule has 19 heavy (non-hydrogen) atoms. The van der Waals surface area contributed by atoms with Crippen molar-refractivity contribution in [3.8, 4) is 11.8 Å². The molecule has 0 saturated heterocycles. The molecule has 0 saturated carbocycles. The van der Waals surface area contributed by atoms with Crippen molar-refractivity contribution in [1.82, 2.24) is 0 Å². The van der Waals surface area contributed by atoms with Gasteiger partial charge in [-0.2, -0.15) is 0 Å². The molecule has 0 fully saturated rings. The van der Waals surface area contributed by atoms with Crippen molar-refractivity contribution in [2.75, 3.05) is 11.1 Å². The van der Waals surface area contributed by atoms with Crippen LogP contribution in [0.1, 0.15) is 39.7 Å². The van der Waals surface area contributed by atoms with Crippen molar-refractivity contribution in [3.63, 3.8) is 0 Å². The lowest BCUT2D eigenvalue weighted by molar-refractivity contribution is 0.0636. The van der Waals surface area contributed by atoms with Crippen molar-refractivity contribution >= 4 is 17.5 Å². The molecular weight excluding hydrogens is 240 g/mol. The van der Waals surface area contributed by atoms with Crippen LogP contribution in [0.3, 0.4) is 0 Å². The molecule has 0 aliphatic rings. The lowest BCUT2D eigenvalue weighted by Gasteiger charge is -2.20. The highest BCUT2D eigenvalue weighted by Gasteiger charge is 2.16. The molecular formula is C15H20N2O2. The van der Waals surface area contributed by atoms with Crippen LogP contribution in [0.4, 0.5) is 16.2 Å². The molecule has 0 aromatic heterocycles. The van der Waals surface area contributed by atoms with Gasteiger partial charge in [0.1, 0.15) is 5.60 Å². The van der Waals surface area contributed by atoms with E-state index in [4.69, 9.17) is 10.5 Å². The van der Waals surface area contributed by atoms with Gasteiger partial charge in [0, 0.05) is 12.0 Å². The van der Waals surface area contributed by atoms with Gasteiger partial charge >= 0.3 is 6.09 Å². The van der Waals surface area contributed by atoms with Crippen LogP contribution in [0.15, 0.2) is 18.2 Å². The Kier molecular flexibility index (Phi) is 4.82. The zero-order chi connectivity index (χ0) is 14.5. The molecule has 0 unspecified atom stereocenters. The first-order chi connectivity index (χ1) is 8.81. The van der Waals surface area contributed by atoms with E-state index in [1.807, 2.05) is 13.0 Å². The zero-order valence-electron chi connectivity index (χ0n) is 11.8. The van der Waals surface area contributed by atoms with Gasteiger partial charge in [-0.1, -0.05) is 18.8 Å². The van der Waals surface area contributed by atoms with E-state index in [0.29, 0.717) is 11.4 Å². The fraction of sp³-hybridized carbons (Fsp3) is 0.400. The molecule has 0 atom stereocenters. The molecule has 1 amide bonds. The van der Waals surface area contributed by atoms with Crippen molar-refractivity contribution in [2.45, 2.75) is 39.7 Å². The molecule has 0 radical (unpaired) electrons. The Hall–Kier alpha value is -2.15. The summed E-state index contributed by atoms with van der Waals surface area (Å²) in [6.07, 6.45) is 0.268. The maximum Gasteiger partial charge on any atom is 0.412 e. The molecule has 0 aliphatic carbocycles. The summed E-state index contributed by atoms with van der Waals surface area (Å²) in [6, 6.07) is 5.26. The number of anilines is 2. The van der Waals surface area contributed by atoms with E-state index in [2.05, 4.69) is 17.2 Å². The topological polar surface area (TPSA) is 64.3 Å². The molecule has 4 nitrogen and oxygen atoms in total. The fourth-order valence-electron chi connectivity index (χ4n) is 1.36. The largest absolute Gasteiger partial charge is 0.444 e. The first kappa shape index (κ1) is 14.9. The van der Waals surface area contributed by atoms with Crippen molar-refractivity contribution in [2.24, 2.45) is 0 Å². The SMILES string of the molecule is CCC#Cc1ccc(NC(=O)OC(C)(C)C)c(N)c1. The van der Waals surface area contributed by atoms with Crippen LogP contribution in [-0.4, -0.2) is 11.7 Å². The van der Waals surface area contributed by atoms with Crippen molar-refractivity contribution < 1.29 is 9.53 Å². The van der Waals surface area contributed by atoms with Gasteiger partial charge < -0.3 is 10.5 Å². The average molecular weight is 260 g/mol. The van der Waals surface area contributed by atoms with Gasteiger partial charge in [0.2, 0.25) is 0 Å². The number of ether oxygens (including phenoxy) is 1. The Morgan fingerprint density at radius 2 is 2.11 bits per heavy atom. The maximum atomic E-state index is 11.6. The predicted molar refractivity (Wildman–Crippen MR) is 77.9 cm³/mol. The standard InChI is InChI=1S/C15H20N2O2/c1-5-6-7-11-8-9-13(12(16)10-11)17-14(18)19-15(2,3)4/h8-10H,5,16H2,1-4H3,(H,17,18). The van der Waals surface area contributed by atoms with E-state index < -0.39 is 11.7 Å². The second-order valence-corrected chi connectivity index (χ2v) is 5.08. The maximum absolute atomic E-state index is 11.6. The summed E-state index contributed by atoms with van der Waals surface area (Å²) in [5.74, 6) is 5.95. The number of nitrogen functional groups attached to an aromatic ring is 1. The first-order valence-corrected chi connectivity index (χ1v) is 6.20. The van der Waals surface area contributed by atoms with Gasteiger partial charge in [-0.05, 0) is 39.0 Å². The second kappa shape index (κ2) is 6.14. The molecule has 102 valence electrons. The highest BCUT2D eigenvalue weighted by Crippen LogP contribution is 2.20. The van der Waals surface area contributed by atoms with Gasteiger partial charge in [-0.3, -0.25) is 5.32 Å². The molecule has 1 aromatic carbocycles. The number of rotatable bonds is 1. The summed E-state index contributed by atoms with van der Waals surface area (Å²) in [5.41, 5.74) is 7.15. The third-order valence-corrected chi connectivity index (χ3v) is 2.10. The molecule has 3 N–H and O–H groups in total. The number of hydrogen-bond acceptors (Lipinski definition) is 3. The van der Waals surface area contributed by atoms with E-state index in [9.17, 15) is 4.79 Å². The van der Waals surface area contributed by atoms with E-state index in [1.54, 1.807) is 32.9 Å². The molecule has 1 rings (SSSR count). The highest BCUT2D eigenvalue weighted by atomic mass is 16.6. The third-order valence-electron chi connectivity index (χ3n) is 2.10. The first-order valence-electron chi connectivity index (χ1n) is 6.20. The van der Waals surface area contributed by atoms with Crippen molar-refractivity contribution in [1.29, 1.82) is 0 Å². The number of hydrogen-bond donors (Lipinski definition) is 2. The van der Waals surface area contributed by atoms with Crippen LogP contribution in [0.25, 0.3) is 0 Å². The number of carbonyl (C=O) groups excluding carboxylic acids is 1. The van der Waals surface area contributed by atoms with Crippen molar-refractivity contribution in [3.05, 3.63) is 23.8 Å². The summed E-state index contributed by atoms with van der Waals surface area (Å²) in [7, 11) is 0. The predicted octanol–water partition coefficient (Wildman–Crippen LogP) is 3.38. The average Bonchev–Trinajstić information content (AvgIpc) is 2.27. The van der Waals surface area contributed by atoms with E-state index in [0.717, 1.165) is 12.0 Å². The molecule has 4 heteroatoms. The normalized spacial score (nSPS) is 10.3. The quantitative estimate of drug-likeness (QED) is 0.601. The van der Waals surface area contributed by atoms with Crippen LogP contribution in [0.2, 0.25) is 0 Å². The number of benzene rings is 1. The fourth-order valence-corrected chi connectivity index (χ4v) is 1.36. The van der Waals surface area contributed by atoms with Gasteiger partial charge in [0.15, 0.2) is 0 Å². The molecule has 0 spiro atoms. The Morgan fingerprint density at radius 1 is 1.42 bits per heavy atom. The van der Waals surface area contributed by atoms with Crippen LogP contribution >= 0.6 is 0 Å². The van der Waals surface area contributed by atoms with Gasteiger partial charge in [-0.25, -0.2) is 4.79 Å². The number of carbonyl (C=O) groups is 1. The zero-order valence-corrected chi connectivity index (χ0v) is 11.8. The minimum atomic E-state index is -0.536. The highest BCUT2D eigenvalue weighted by molar-refractivity contribution is 5.89. The summed E-state index contributed by atoms with van der Waals surface area (Å²) < 4.78 is 5.16. The van der Waals surface area contributed by atoms with Gasteiger partial charge in [0.25, 0.3) is 0 Å².